The van der Waals surface area contributed by atoms with E-state index in [0.717, 1.165) is 25.7 Å². The molecule has 0 fully saturated rings. The Morgan fingerprint density at radius 3 is 1.28 bits per heavy atom. The van der Waals surface area contributed by atoms with Crippen LogP contribution in [-0.4, -0.2) is 0 Å². The average molecular weight is 562 g/mol. The van der Waals surface area contributed by atoms with Crippen LogP contribution in [0, 0.1) is 0 Å². The lowest BCUT2D eigenvalue weighted by Crippen LogP contribution is -3.00. The number of pyridine rings is 2. The Kier molecular flexibility index (Phi) is 13.0. The van der Waals surface area contributed by atoms with Crippen molar-refractivity contribution in [3.05, 3.63) is 95.6 Å². The summed E-state index contributed by atoms with van der Waals surface area (Å²) in [6, 6.07) is 19.0. The number of nitrogens with zero attached hydrogens (tertiary/aromatic N) is 2. The molecule has 2 unspecified atom stereocenters. The molecule has 2 atom stereocenters. The van der Waals surface area contributed by atoms with E-state index >= 15 is 0 Å². The van der Waals surface area contributed by atoms with Crippen molar-refractivity contribution < 1.29 is 43.1 Å². The highest BCUT2D eigenvalue weighted by atomic mass is 79.9. The maximum atomic E-state index is 2.40. The van der Waals surface area contributed by atoms with Gasteiger partial charge in [-0.2, -0.15) is 9.13 Å². The van der Waals surface area contributed by atoms with E-state index in [-0.39, 0.29) is 34.0 Å². The fourth-order valence-corrected chi connectivity index (χ4v) is 4.36. The predicted molar refractivity (Wildman–Crippen MR) is 125 cm³/mol. The highest BCUT2D eigenvalue weighted by Gasteiger charge is 2.23. The van der Waals surface area contributed by atoms with Crippen LogP contribution in [0.3, 0.4) is 0 Å². The lowest BCUT2D eigenvalue weighted by molar-refractivity contribution is -0.715. The van der Waals surface area contributed by atoms with Crippen LogP contribution in [0.2, 0.25) is 0 Å². The van der Waals surface area contributed by atoms with Gasteiger partial charge in [-0.15, -0.1) is 0 Å². The molecule has 3 aromatic rings. The van der Waals surface area contributed by atoms with E-state index in [2.05, 4.69) is 110 Å². The van der Waals surface area contributed by atoms with Gasteiger partial charge in [0.15, 0.2) is 36.9 Å². The fraction of sp³-hybridized carbons (Fsp3) is 0.429. The first-order chi connectivity index (χ1) is 14.7. The van der Waals surface area contributed by atoms with Crippen molar-refractivity contribution in [1.82, 2.24) is 0 Å². The molecule has 174 valence electrons. The zero-order valence-electron chi connectivity index (χ0n) is 20.0. The van der Waals surface area contributed by atoms with Gasteiger partial charge in [-0.3, -0.25) is 0 Å². The first-order valence-corrected chi connectivity index (χ1v) is 11.8. The van der Waals surface area contributed by atoms with Crippen molar-refractivity contribution in [2.45, 2.75) is 78.3 Å². The molecule has 2 aromatic heterocycles. The summed E-state index contributed by atoms with van der Waals surface area (Å²) in [5.41, 5.74) is 5.60. The SMILES string of the molecule is CCCC(c1ccc(C(CCC)[n+]2cccc(CC)c2)cc1)[n+]1cccc(CC)c1.[Br-].[Br-]. The van der Waals surface area contributed by atoms with Crippen molar-refractivity contribution in [1.29, 1.82) is 0 Å². The lowest BCUT2D eigenvalue weighted by Gasteiger charge is -2.16. The molecule has 2 heterocycles. The summed E-state index contributed by atoms with van der Waals surface area (Å²) < 4.78 is 4.81. The van der Waals surface area contributed by atoms with Gasteiger partial charge >= 0.3 is 0 Å². The van der Waals surface area contributed by atoms with E-state index in [1.54, 1.807) is 0 Å². The summed E-state index contributed by atoms with van der Waals surface area (Å²) in [6.45, 7) is 9.01. The standard InChI is InChI=1S/C28H38N2.2BrH/c1-5-11-27(29-19-9-13-23(7-3)21-29)25-15-17-26(18-16-25)28(12-6-2)30-20-10-14-24(8-4)22-30;;/h9-10,13-22,27-28H,5-8,11-12H2,1-4H3;2*1H/q+2;;/p-2. The van der Waals surface area contributed by atoms with Gasteiger partial charge in [0.25, 0.3) is 0 Å². The molecule has 0 spiro atoms. The van der Waals surface area contributed by atoms with E-state index in [0.29, 0.717) is 12.1 Å². The molecule has 0 amide bonds. The van der Waals surface area contributed by atoms with Gasteiger partial charge in [-0.05, 0) is 37.8 Å². The van der Waals surface area contributed by atoms with Gasteiger partial charge in [-0.25, -0.2) is 0 Å². The lowest BCUT2D eigenvalue weighted by atomic mass is 9.96. The molecule has 0 N–H and O–H groups in total. The van der Waals surface area contributed by atoms with Crippen LogP contribution < -0.4 is 43.1 Å². The third-order valence-electron chi connectivity index (χ3n) is 6.13. The van der Waals surface area contributed by atoms with E-state index in [9.17, 15) is 0 Å². The van der Waals surface area contributed by atoms with E-state index in [1.807, 2.05) is 0 Å². The van der Waals surface area contributed by atoms with Crippen LogP contribution in [0.5, 0.6) is 0 Å². The van der Waals surface area contributed by atoms with Crippen LogP contribution in [0.15, 0.2) is 73.3 Å². The van der Waals surface area contributed by atoms with Gasteiger partial charge in [0.2, 0.25) is 0 Å². The molecule has 0 saturated heterocycles. The highest BCUT2D eigenvalue weighted by Crippen LogP contribution is 2.23. The minimum Gasteiger partial charge on any atom is -1.00 e. The zero-order valence-corrected chi connectivity index (χ0v) is 23.1. The Balaban J connectivity index is 0.00000256. The largest absolute Gasteiger partial charge is 1.00 e. The molecule has 0 aliphatic rings. The highest BCUT2D eigenvalue weighted by molar-refractivity contribution is 5.26. The van der Waals surface area contributed by atoms with Gasteiger partial charge < -0.3 is 34.0 Å². The maximum absolute atomic E-state index is 2.40. The number of aryl methyl sites for hydroxylation is 2. The Morgan fingerprint density at radius 1 is 0.594 bits per heavy atom. The van der Waals surface area contributed by atoms with Gasteiger partial charge in [0, 0.05) is 47.2 Å². The minimum absolute atomic E-state index is 0. The van der Waals surface area contributed by atoms with Crippen LogP contribution in [-0.2, 0) is 12.8 Å². The first kappa shape index (κ1) is 28.5. The molecular weight excluding hydrogens is 524 g/mol. The van der Waals surface area contributed by atoms with E-state index < -0.39 is 0 Å². The molecule has 0 saturated carbocycles. The van der Waals surface area contributed by atoms with E-state index in [1.165, 1.54) is 35.1 Å². The molecule has 3 rings (SSSR count). The molecule has 1 aromatic carbocycles. The molecule has 4 heteroatoms. The van der Waals surface area contributed by atoms with Crippen molar-refractivity contribution in [2.75, 3.05) is 0 Å². The van der Waals surface area contributed by atoms with Crippen LogP contribution in [0.1, 0.15) is 87.7 Å². The fourth-order valence-electron chi connectivity index (χ4n) is 4.36. The van der Waals surface area contributed by atoms with Crippen molar-refractivity contribution in [3.63, 3.8) is 0 Å². The molecular formula is C28H38Br2N2. The van der Waals surface area contributed by atoms with E-state index in [4.69, 9.17) is 0 Å². The van der Waals surface area contributed by atoms with Gasteiger partial charge in [-0.1, -0.05) is 52.0 Å². The average Bonchev–Trinajstić information content (AvgIpc) is 2.81. The van der Waals surface area contributed by atoms with Gasteiger partial charge in [0.1, 0.15) is 0 Å². The summed E-state index contributed by atoms with van der Waals surface area (Å²) in [5.74, 6) is 0. The number of aromatic nitrogens is 2. The summed E-state index contributed by atoms with van der Waals surface area (Å²) in [4.78, 5) is 0. The maximum Gasteiger partial charge on any atom is 0.183 e. The number of benzene rings is 1. The molecule has 32 heavy (non-hydrogen) atoms. The summed E-state index contributed by atoms with van der Waals surface area (Å²) in [5, 5.41) is 0. The Hall–Kier alpha value is -1.52. The molecule has 0 aliphatic heterocycles. The zero-order chi connectivity index (χ0) is 21.3. The minimum atomic E-state index is 0. The van der Waals surface area contributed by atoms with Crippen molar-refractivity contribution in [2.24, 2.45) is 0 Å². The number of halogens is 2. The summed E-state index contributed by atoms with van der Waals surface area (Å²) in [6.07, 6.45) is 15.9. The van der Waals surface area contributed by atoms with Crippen molar-refractivity contribution >= 4 is 0 Å². The topological polar surface area (TPSA) is 7.76 Å². The second-order valence-electron chi connectivity index (χ2n) is 8.30. The molecule has 2 nitrogen and oxygen atoms in total. The number of rotatable bonds is 10. The normalized spacial score (nSPS) is 12.4. The first-order valence-electron chi connectivity index (χ1n) is 11.8. The summed E-state index contributed by atoms with van der Waals surface area (Å²) >= 11 is 0. The van der Waals surface area contributed by atoms with Gasteiger partial charge in [0.05, 0.1) is 0 Å². The van der Waals surface area contributed by atoms with Crippen LogP contribution >= 0.6 is 0 Å². The van der Waals surface area contributed by atoms with Crippen LogP contribution in [0.4, 0.5) is 0 Å². The predicted octanol–water partition coefficient (Wildman–Crippen LogP) is 0.173. The second-order valence-corrected chi connectivity index (χ2v) is 8.30. The third kappa shape index (κ3) is 7.25. The number of hydrogen-bond donors (Lipinski definition) is 0. The summed E-state index contributed by atoms with van der Waals surface area (Å²) in [7, 11) is 0. The Morgan fingerprint density at radius 2 is 0.969 bits per heavy atom. The Bertz CT molecular complexity index is 848. The van der Waals surface area contributed by atoms with Crippen molar-refractivity contribution in [3.8, 4) is 0 Å². The Labute approximate surface area is 216 Å². The quantitative estimate of drug-likeness (QED) is 0.312. The number of hydrogen-bond acceptors (Lipinski definition) is 0. The van der Waals surface area contributed by atoms with Crippen LogP contribution in [0.25, 0.3) is 0 Å². The monoisotopic (exact) mass is 560 g/mol. The molecule has 0 bridgehead atoms. The molecule has 0 radical (unpaired) electrons. The second kappa shape index (κ2) is 14.6. The smallest absolute Gasteiger partial charge is 0.183 e. The third-order valence-corrected chi connectivity index (χ3v) is 6.13. The molecule has 0 aliphatic carbocycles.